The Balaban J connectivity index is 1.37. The van der Waals surface area contributed by atoms with Gasteiger partial charge >= 0.3 is 0 Å². The fourth-order valence-electron chi connectivity index (χ4n) is 3.45. The van der Waals surface area contributed by atoms with Gasteiger partial charge in [-0.25, -0.2) is 14.4 Å². The molecule has 1 amide bonds. The van der Waals surface area contributed by atoms with Crippen LogP contribution in [0.4, 0.5) is 10.1 Å². The van der Waals surface area contributed by atoms with E-state index in [4.69, 9.17) is 5.73 Å². The number of pyridine rings is 1. The van der Waals surface area contributed by atoms with Crippen molar-refractivity contribution in [1.29, 1.82) is 0 Å². The van der Waals surface area contributed by atoms with Crippen molar-refractivity contribution in [3.63, 3.8) is 0 Å². The molecule has 148 valence electrons. The van der Waals surface area contributed by atoms with Crippen LogP contribution in [-0.2, 0) is 17.6 Å². The molecule has 3 heterocycles. The van der Waals surface area contributed by atoms with Gasteiger partial charge in [0.1, 0.15) is 11.6 Å². The molecule has 0 bridgehead atoms. The third-order valence-corrected chi connectivity index (χ3v) is 5.09. The molecule has 1 aliphatic heterocycles. The van der Waals surface area contributed by atoms with Crippen molar-refractivity contribution < 1.29 is 9.18 Å². The van der Waals surface area contributed by atoms with Crippen LogP contribution < -0.4 is 5.73 Å². The van der Waals surface area contributed by atoms with Crippen LogP contribution in [0.5, 0.6) is 0 Å². The molecule has 0 aliphatic carbocycles. The molecule has 0 unspecified atom stereocenters. The second-order valence-electron chi connectivity index (χ2n) is 7.40. The summed E-state index contributed by atoms with van der Waals surface area (Å²) in [5, 5.41) is 0. The highest BCUT2D eigenvalue weighted by Crippen LogP contribution is 2.24. The number of nitrogen functional groups attached to an aromatic ring is 1. The number of aryl methyl sites for hydroxylation is 1. The Hall–Kier alpha value is -3.35. The maximum atomic E-state index is 13.1. The average molecular weight is 391 g/mol. The van der Waals surface area contributed by atoms with Crippen LogP contribution in [0.25, 0.3) is 11.3 Å². The highest BCUT2D eigenvalue weighted by atomic mass is 19.1. The zero-order valence-corrected chi connectivity index (χ0v) is 16.2. The van der Waals surface area contributed by atoms with E-state index < -0.39 is 0 Å². The Kier molecular flexibility index (Phi) is 5.20. The van der Waals surface area contributed by atoms with Gasteiger partial charge in [-0.2, -0.15) is 0 Å². The first-order valence-corrected chi connectivity index (χ1v) is 9.55. The third-order valence-electron chi connectivity index (χ3n) is 5.09. The normalized spacial score (nSPS) is 13.9. The van der Waals surface area contributed by atoms with Crippen LogP contribution in [0, 0.1) is 18.7 Å². The molecule has 1 aliphatic rings. The number of hydrogen-bond donors (Lipinski definition) is 1. The summed E-state index contributed by atoms with van der Waals surface area (Å²) in [6.45, 7) is 3.32. The first-order chi connectivity index (χ1) is 14.0. The summed E-state index contributed by atoms with van der Waals surface area (Å²) >= 11 is 0. The van der Waals surface area contributed by atoms with E-state index in [0.717, 1.165) is 23.5 Å². The molecule has 3 aromatic rings. The van der Waals surface area contributed by atoms with Crippen LogP contribution in [-0.4, -0.2) is 38.8 Å². The van der Waals surface area contributed by atoms with E-state index >= 15 is 0 Å². The van der Waals surface area contributed by atoms with Gasteiger partial charge in [0, 0.05) is 42.9 Å². The summed E-state index contributed by atoms with van der Waals surface area (Å²) in [5.74, 6) is 0.890. The van der Waals surface area contributed by atoms with Crippen molar-refractivity contribution in [1.82, 2.24) is 19.9 Å². The van der Waals surface area contributed by atoms with Crippen LogP contribution in [0.1, 0.15) is 17.2 Å². The molecule has 0 saturated carbocycles. The lowest BCUT2D eigenvalue weighted by atomic mass is 9.95. The molecule has 1 aromatic carbocycles. The van der Waals surface area contributed by atoms with Crippen LogP contribution in [0.15, 0.2) is 48.7 Å². The lowest BCUT2D eigenvalue weighted by Gasteiger charge is -2.39. The Morgan fingerprint density at radius 3 is 2.62 bits per heavy atom. The number of amides is 1. The fourth-order valence-corrected chi connectivity index (χ4v) is 3.45. The predicted molar refractivity (Wildman–Crippen MR) is 108 cm³/mol. The second-order valence-corrected chi connectivity index (χ2v) is 7.40. The molecule has 29 heavy (non-hydrogen) atoms. The van der Waals surface area contributed by atoms with Crippen molar-refractivity contribution in [3.05, 3.63) is 71.7 Å². The first-order valence-electron chi connectivity index (χ1n) is 9.55. The van der Waals surface area contributed by atoms with Gasteiger partial charge < -0.3 is 10.6 Å². The van der Waals surface area contributed by atoms with Gasteiger partial charge in [-0.15, -0.1) is 0 Å². The smallest absolute Gasteiger partial charge is 0.228 e. The molecule has 0 spiro atoms. The van der Waals surface area contributed by atoms with Crippen molar-refractivity contribution >= 4 is 11.6 Å². The van der Waals surface area contributed by atoms with Crippen LogP contribution >= 0.6 is 0 Å². The molecule has 0 atom stereocenters. The summed E-state index contributed by atoms with van der Waals surface area (Å²) in [5.41, 5.74) is 9.45. The minimum atomic E-state index is -0.303. The quantitative estimate of drug-likeness (QED) is 0.723. The van der Waals surface area contributed by atoms with Gasteiger partial charge in [0.05, 0.1) is 23.5 Å². The number of nitrogens with two attached hydrogens (primary N) is 1. The molecule has 6 nitrogen and oxygen atoms in total. The number of carbonyl (C=O) groups is 1. The number of hydrogen-bond acceptors (Lipinski definition) is 5. The van der Waals surface area contributed by atoms with Crippen molar-refractivity contribution in [2.45, 2.75) is 19.8 Å². The van der Waals surface area contributed by atoms with E-state index in [1.807, 2.05) is 17.9 Å². The molecular formula is C22H22FN5O. The number of aromatic nitrogens is 3. The topological polar surface area (TPSA) is 85.0 Å². The monoisotopic (exact) mass is 391 g/mol. The minimum absolute atomic E-state index is 0.00173. The molecule has 1 saturated heterocycles. The lowest BCUT2D eigenvalue weighted by Crippen LogP contribution is -2.51. The standard InChI is InChI=1S/C22H22FN5O/c1-14-8-9-25-21(26-14)10-15-12-28(13-15)22(29)11-20-18(24)6-7-19(27-20)16-2-4-17(23)5-3-16/h2-9,15H,10-13,24H2,1H3. The Morgan fingerprint density at radius 2 is 1.90 bits per heavy atom. The van der Waals surface area contributed by atoms with E-state index in [-0.39, 0.29) is 18.1 Å². The predicted octanol–water partition coefficient (Wildman–Crippen LogP) is 2.81. The summed E-state index contributed by atoms with van der Waals surface area (Å²) in [4.78, 5) is 27.7. The Labute approximate surface area is 168 Å². The SMILES string of the molecule is Cc1ccnc(CC2CN(C(=O)Cc3nc(-c4ccc(F)cc4)ccc3N)C2)n1. The summed E-state index contributed by atoms with van der Waals surface area (Å²) in [6.07, 6.45) is 2.68. The van der Waals surface area contributed by atoms with Crippen LogP contribution in [0.2, 0.25) is 0 Å². The molecule has 2 N–H and O–H groups in total. The minimum Gasteiger partial charge on any atom is -0.397 e. The van der Waals surface area contributed by atoms with E-state index in [0.29, 0.717) is 36.1 Å². The zero-order chi connectivity index (χ0) is 20.4. The van der Waals surface area contributed by atoms with Crippen molar-refractivity contribution in [2.24, 2.45) is 5.92 Å². The maximum absolute atomic E-state index is 13.1. The summed E-state index contributed by atoms with van der Waals surface area (Å²) in [6, 6.07) is 11.5. The zero-order valence-electron chi connectivity index (χ0n) is 16.2. The molecule has 0 radical (unpaired) electrons. The van der Waals surface area contributed by atoms with Gasteiger partial charge in [-0.05, 0) is 49.4 Å². The lowest BCUT2D eigenvalue weighted by molar-refractivity contribution is -0.136. The Bertz CT molecular complexity index is 1030. The highest BCUT2D eigenvalue weighted by Gasteiger charge is 2.31. The first kappa shape index (κ1) is 19.0. The van der Waals surface area contributed by atoms with Gasteiger partial charge in [-0.3, -0.25) is 9.78 Å². The number of nitrogens with zero attached hydrogens (tertiary/aromatic N) is 4. The van der Waals surface area contributed by atoms with Gasteiger partial charge in [0.2, 0.25) is 5.91 Å². The van der Waals surface area contributed by atoms with Crippen molar-refractivity contribution in [3.8, 4) is 11.3 Å². The fraction of sp³-hybridized carbons (Fsp3) is 0.273. The number of carbonyl (C=O) groups excluding carboxylic acids is 1. The van der Waals surface area contributed by atoms with Crippen molar-refractivity contribution in [2.75, 3.05) is 18.8 Å². The van der Waals surface area contributed by atoms with Gasteiger partial charge in [-0.1, -0.05) is 0 Å². The van der Waals surface area contributed by atoms with E-state index in [2.05, 4.69) is 15.0 Å². The van der Waals surface area contributed by atoms with Gasteiger partial charge in [0.25, 0.3) is 0 Å². The molecule has 1 fully saturated rings. The third kappa shape index (κ3) is 4.39. The Morgan fingerprint density at radius 1 is 1.14 bits per heavy atom. The van der Waals surface area contributed by atoms with Crippen LogP contribution in [0.3, 0.4) is 0 Å². The molecule has 4 rings (SSSR count). The molecular weight excluding hydrogens is 369 g/mol. The number of rotatable bonds is 5. The number of anilines is 1. The van der Waals surface area contributed by atoms with Gasteiger partial charge in [0.15, 0.2) is 0 Å². The second kappa shape index (κ2) is 7.95. The summed E-state index contributed by atoms with van der Waals surface area (Å²) in [7, 11) is 0. The molecule has 2 aromatic heterocycles. The maximum Gasteiger partial charge on any atom is 0.228 e. The van der Waals surface area contributed by atoms with E-state index in [1.165, 1.54) is 12.1 Å². The van der Waals surface area contributed by atoms with E-state index in [9.17, 15) is 9.18 Å². The number of benzene rings is 1. The summed E-state index contributed by atoms with van der Waals surface area (Å²) < 4.78 is 13.1. The number of likely N-dealkylation sites (tertiary alicyclic amines) is 1. The highest BCUT2D eigenvalue weighted by molar-refractivity contribution is 5.81. The average Bonchev–Trinajstić information content (AvgIpc) is 2.67. The molecule has 7 heteroatoms. The number of halogens is 1. The largest absolute Gasteiger partial charge is 0.397 e. The van der Waals surface area contributed by atoms with E-state index in [1.54, 1.807) is 30.5 Å².